The van der Waals surface area contributed by atoms with Gasteiger partial charge in [-0.1, -0.05) is 157 Å². The number of hydrogen-bond donors (Lipinski definition) is 1. The first kappa shape index (κ1) is 31.0. The van der Waals surface area contributed by atoms with Gasteiger partial charge in [-0.2, -0.15) is 0 Å². The third-order valence-electron chi connectivity index (χ3n) is 10.7. The molecular weight excluding hydrogens is 677 g/mol. The lowest BCUT2D eigenvalue weighted by Gasteiger charge is -2.25. The molecule has 0 saturated carbocycles. The summed E-state index contributed by atoms with van der Waals surface area (Å²) in [6.45, 7) is 0. The van der Waals surface area contributed by atoms with Crippen LogP contribution in [0.25, 0.3) is 71.8 Å². The average Bonchev–Trinajstić information content (AvgIpc) is 3.82. The van der Waals surface area contributed by atoms with E-state index in [2.05, 4.69) is 187 Å². The second kappa shape index (κ2) is 12.5. The van der Waals surface area contributed by atoms with E-state index in [1.807, 2.05) is 11.8 Å². The molecule has 0 spiro atoms. The van der Waals surface area contributed by atoms with E-state index < -0.39 is 0 Å². The van der Waals surface area contributed by atoms with Crippen molar-refractivity contribution in [1.82, 2.24) is 5.32 Å². The molecule has 1 atom stereocenters. The lowest BCUT2D eigenvalue weighted by molar-refractivity contribution is 0.669. The Balaban J connectivity index is 1.00. The molecule has 0 radical (unpaired) electrons. The number of nitrogens with one attached hydrogen (secondary N) is 1. The number of amidine groups is 1. The van der Waals surface area contributed by atoms with Crippen molar-refractivity contribution < 1.29 is 4.42 Å². The number of thioether (sulfide) groups is 1. The Kier molecular flexibility index (Phi) is 7.17. The van der Waals surface area contributed by atoms with Gasteiger partial charge in [0.05, 0.1) is 11.7 Å². The molecule has 0 bridgehead atoms. The van der Waals surface area contributed by atoms with Crippen LogP contribution in [0.2, 0.25) is 0 Å². The summed E-state index contributed by atoms with van der Waals surface area (Å²) < 4.78 is 6.62. The van der Waals surface area contributed by atoms with Gasteiger partial charge < -0.3 is 9.73 Å². The summed E-state index contributed by atoms with van der Waals surface area (Å²) in [5, 5.41) is 8.45. The molecule has 9 aromatic rings. The molecule has 3 nitrogen and oxygen atoms in total. The molecule has 2 aliphatic rings. The fourth-order valence-corrected chi connectivity index (χ4v) is 9.28. The smallest absolute Gasteiger partial charge is 0.136 e. The third kappa shape index (κ3) is 5.18. The molecule has 54 heavy (non-hydrogen) atoms. The first-order valence-corrected chi connectivity index (χ1v) is 19.1. The topological polar surface area (TPSA) is 37.5 Å². The Morgan fingerprint density at radius 1 is 0.481 bits per heavy atom. The van der Waals surface area contributed by atoms with E-state index in [-0.39, 0.29) is 6.04 Å². The lowest BCUT2D eigenvalue weighted by atomic mass is 9.96. The summed E-state index contributed by atoms with van der Waals surface area (Å²) in [5.41, 5.74) is 13.2. The Hall–Kier alpha value is -6.62. The summed E-state index contributed by atoms with van der Waals surface area (Å²) in [5.74, 6) is 0.851. The zero-order valence-electron chi connectivity index (χ0n) is 29.2. The van der Waals surface area contributed by atoms with Crippen LogP contribution in [-0.2, 0) is 0 Å². The van der Waals surface area contributed by atoms with Crippen molar-refractivity contribution in [2.24, 2.45) is 4.99 Å². The number of aliphatic imine (C=N–C) groups is 1. The van der Waals surface area contributed by atoms with E-state index in [0.717, 1.165) is 55.7 Å². The average molecular weight is 709 g/mol. The SMILES string of the molecule is c1ccc(-c2ccc(C3=C4Sc5ccccc5C4NC(c4cccc5oc6cc(-c7ccc8ccc(-c9ccccc9)cc8c7)ccc6c45)=N3)cc2)cc1. The Bertz CT molecular complexity index is 2980. The van der Waals surface area contributed by atoms with Gasteiger partial charge in [-0.3, -0.25) is 0 Å². The minimum atomic E-state index is 0.0119. The number of benzene rings is 8. The van der Waals surface area contributed by atoms with Crippen LogP contribution in [0.15, 0.2) is 201 Å². The summed E-state index contributed by atoms with van der Waals surface area (Å²) >= 11 is 1.82. The number of furan rings is 1. The summed E-state index contributed by atoms with van der Waals surface area (Å²) in [7, 11) is 0. The highest BCUT2D eigenvalue weighted by atomic mass is 32.2. The van der Waals surface area contributed by atoms with Crippen molar-refractivity contribution >= 4 is 56.0 Å². The van der Waals surface area contributed by atoms with Gasteiger partial charge in [0.15, 0.2) is 0 Å². The van der Waals surface area contributed by atoms with E-state index in [1.165, 1.54) is 48.4 Å². The van der Waals surface area contributed by atoms with Crippen LogP contribution < -0.4 is 5.32 Å². The van der Waals surface area contributed by atoms with E-state index in [9.17, 15) is 0 Å². The van der Waals surface area contributed by atoms with Crippen LogP contribution in [0.5, 0.6) is 0 Å². The van der Waals surface area contributed by atoms with Crippen molar-refractivity contribution in [2.45, 2.75) is 10.9 Å². The molecule has 3 heterocycles. The Labute approximate surface area is 317 Å². The zero-order chi connectivity index (χ0) is 35.6. The van der Waals surface area contributed by atoms with Gasteiger partial charge in [0.2, 0.25) is 0 Å². The van der Waals surface area contributed by atoms with Crippen LogP contribution in [0.1, 0.15) is 22.7 Å². The van der Waals surface area contributed by atoms with Crippen molar-refractivity contribution in [2.75, 3.05) is 0 Å². The third-order valence-corrected chi connectivity index (χ3v) is 12.0. The number of rotatable bonds is 5. The van der Waals surface area contributed by atoms with Gasteiger partial charge in [-0.25, -0.2) is 4.99 Å². The zero-order valence-corrected chi connectivity index (χ0v) is 30.0. The molecule has 2 aliphatic heterocycles. The van der Waals surface area contributed by atoms with Crippen LogP contribution in [0, 0.1) is 0 Å². The van der Waals surface area contributed by atoms with Gasteiger partial charge in [0, 0.05) is 31.7 Å². The minimum Gasteiger partial charge on any atom is -0.456 e. The predicted octanol–water partition coefficient (Wildman–Crippen LogP) is 13.3. The van der Waals surface area contributed by atoms with E-state index >= 15 is 0 Å². The maximum absolute atomic E-state index is 6.62. The van der Waals surface area contributed by atoms with Crippen molar-refractivity contribution in [3.05, 3.63) is 204 Å². The standard InChI is InChI=1S/C50H32N2OS/c1-3-10-31(11-4-1)33-18-22-35(23-19-33)47-49-48(41-14-7-8-17-45(41)54-49)52-50(51-47)42-15-9-16-43-46(42)40-27-26-38(30-44(40)53-43)37-25-21-34-20-24-36(28-39(34)29-37)32-12-5-2-6-13-32/h1-30,48H,(H,51,52). The molecule has 1 aromatic heterocycles. The van der Waals surface area contributed by atoms with Crippen LogP contribution in [0.3, 0.4) is 0 Å². The predicted molar refractivity (Wildman–Crippen MR) is 226 cm³/mol. The highest BCUT2D eigenvalue weighted by Gasteiger charge is 2.35. The Morgan fingerprint density at radius 3 is 1.87 bits per heavy atom. The summed E-state index contributed by atoms with van der Waals surface area (Å²) in [6, 6.07) is 64.9. The van der Waals surface area contributed by atoms with Crippen LogP contribution >= 0.6 is 11.8 Å². The van der Waals surface area contributed by atoms with Crippen molar-refractivity contribution in [3.8, 4) is 33.4 Å². The minimum absolute atomic E-state index is 0.0119. The molecule has 8 aromatic carbocycles. The quantitative estimate of drug-likeness (QED) is 0.193. The fraction of sp³-hybridized carbons (Fsp3) is 0.0200. The number of nitrogens with zero attached hydrogens (tertiary/aromatic N) is 1. The molecule has 1 unspecified atom stereocenters. The van der Waals surface area contributed by atoms with E-state index in [4.69, 9.17) is 9.41 Å². The fourth-order valence-electron chi connectivity index (χ4n) is 8.03. The van der Waals surface area contributed by atoms with E-state index in [0.29, 0.717) is 0 Å². The molecule has 1 N–H and O–H groups in total. The van der Waals surface area contributed by atoms with Crippen LogP contribution in [-0.4, -0.2) is 5.84 Å². The second-order valence-corrected chi connectivity index (χ2v) is 15.1. The van der Waals surface area contributed by atoms with Crippen molar-refractivity contribution in [3.63, 3.8) is 0 Å². The molecule has 0 fully saturated rings. The molecule has 254 valence electrons. The number of hydrogen-bond acceptors (Lipinski definition) is 4. The molecular formula is C50H32N2OS. The Morgan fingerprint density at radius 2 is 1.09 bits per heavy atom. The summed E-state index contributed by atoms with van der Waals surface area (Å²) in [6.07, 6.45) is 0. The first-order valence-electron chi connectivity index (χ1n) is 18.3. The normalized spacial score (nSPS) is 15.0. The molecule has 0 amide bonds. The highest BCUT2D eigenvalue weighted by molar-refractivity contribution is 8.03. The molecule has 0 saturated heterocycles. The van der Waals surface area contributed by atoms with Gasteiger partial charge in [0.1, 0.15) is 17.0 Å². The molecule has 11 rings (SSSR count). The van der Waals surface area contributed by atoms with Crippen molar-refractivity contribution in [1.29, 1.82) is 0 Å². The maximum Gasteiger partial charge on any atom is 0.136 e. The van der Waals surface area contributed by atoms with Crippen LogP contribution in [0.4, 0.5) is 0 Å². The number of fused-ring (bicyclic) bond motifs is 7. The monoisotopic (exact) mass is 708 g/mol. The largest absolute Gasteiger partial charge is 0.456 e. The van der Waals surface area contributed by atoms with Gasteiger partial charge in [-0.05, 0) is 86.1 Å². The van der Waals surface area contributed by atoms with Gasteiger partial charge in [0.25, 0.3) is 0 Å². The molecule has 0 aliphatic carbocycles. The van der Waals surface area contributed by atoms with Gasteiger partial charge >= 0.3 is 0 Å². The highest BCUT2D eigenvalue weighted by Crippen LogP contribution is 2.52. The molecule has 4 heteroatoms. The summed E-state index contributed by atoms with van der Waals surface area (Å²) in [4.78, 5) is 7.93. The van der Waals surface area contributed by atoms with Gasteiger partial charge in [-0.15, -0.1) is 0 Å². The lowest BCUT2D eigenvalue weighted by Crippen LogP contribution is -2.32. The first-order chi connectivity index (χ1) is 26.7. The maximum atomic E-state index is 6.62. The van der Waals surface area contributed by atoms with E-state index in [1.54, 1.807) is 0 Å². The second-order valence-electron chi connectivity index (χ2n) is 14.0.